The van der Waals surface area contributed by atoms with Crippen LogP contribution in [-0.4, -0.2) is 45.8 Å². The summed E-state index contributed by atoms with van der Waals surface area (Å²) in [4.78, 5) is 2.29. The summed E-state index contributed by atoms with van der Waals surface area (Å²) in [5.41, 5.74) is 4.01. The van der Waals surface area contributed by atoms with E-state index in [2.05, 4.69) is 49.3 Å². The van der Waals surface area contributed by atoms with Crippen molar-refractivity contribution in [1.29, 1.82) is 0 Å². The van der Waals surface area contributed by atoms with E-state index in [1.165, 1.54) is 16.7 Å². The molecule has 1 rings (SSSR count). The molecule has 18 heavy (non-hydrogen) atoms. The largest absolute Gasteiger partial charge is 0.383 e. The Kier molecular flexibility index (Phi) is 6.33. The maximum absolute atomic E-state index is 5.11. The highest BCUT2D eigenvalue weighted by molar-refractivity contribution is 5.30. The highest BCUT2D eigenvalue weighted by atomic mass is 16.5. The molecule has 0 saturated carbocycles. The zero-order valence-corrected chi connectivity index (χ0v) is 12.3. The molecule has 102 valence electrons. The molecular formula is C15H26N2O. The molecule has 0 heterocycles. The molecule has 0 aliphatic rings. The van der Waals surface area contributed by atoms with Crippen molar-refractivity contribution in [3.05, 3.63) is 34.9 Å². The van der Waals surface area contributed by atoms with Crippen LogP contribution in [0.4, 0.5) is 0 Å². The Labute approximate surface area is 111 Å². The van der Waals surface area contributed by atoms with Gasteiger partial charge in [0.2, 0.25) is 0 Å². The molecule has 1 aromatic rings. The van der Waals surface area contributed by atoms with Gasteiger partial charge in [0.05, 0.1) is 6.61 Å². The predicted molar refractivity (Wildman–Crippen MR) is 77.1 cm³/mol. The van der Waals surface area contributed by atoms with Gasteiger partial charge in [-0.15, -0.1) is 0 Å². The predicted octanol–water partition coefficient (Wildman–Crippen LogP) is 2.14. The van der Waals surface area contributed by atoms with Gasteiger partial charge in [-0.05, 0) is 33.5 Å². The van der Waals surface area contributed by atoms with Gasteiger partial charge in [0.25, 0.3) is 0 Å². The molecule has 0 amide bonds. The summed E-state index contributed by atoms with van der Waals surface area (Å²) >= 11 is 0. The fourth-order valence-corrected chi connectivity index (χ4v) is 2.22. The smallest absolute Gasteiger partial charge is 0.0589 e. The summed E-state index contributed by atoms with van der Waals surface area (Å²) in [6, 6.07) is 7.10. The second-order valence-electron chi connectivity index (χ2n) is 5.02. The van der Waals surface area contributed by atoms with Crippen molar-refractivity contribution in [3.8, 4) is 0 Å². The summed E-state index contributed by atoms with van der Waals surface area (Å²) in [7, 11) is 5.89. The molecule has 0 aliphatic carbocycles. The van der Waals surface area contributed by atoms with Crippen molar-refractivity contribution in [2.75, 3.05) is 40.9 Å². The molecule has 0 bridgehead atoms. The highest BCUT2D eigenvalue weighted by Gasteiger charge is 2.12. The topological polar surface area (TPSA) is 24.5 Å². The molecular weight excluding hydrogens is 224 g/mol. The normalized spacial score (nSPS) is 13.0. The minimum absolute atomic E-state index is 0.366. The van der Waals surface area contributed by atoms with Crippen LogP contribution in [0.3, 0.4) is 0 Å². The van der Waals surface area contributed by atoms with Gasteiger partial charge in [-0.2, -0.15) is 0 Å². The zero-order valence-electron chi connectivity index (χ0n) is 12.3. The lowest BCUT2D eigenvalue weighted by molar-refractivity contribution is 0.156. The monoisotopic (exact) mass is 250 g/mol. The number of aryl methyl sites for hydroxylation is 2. The number of hydrogen-bond acceptors (Lipinski definition) is 3. The number of rotatable bonds is 7. The van der Waals surface area contributed by atoms with Crippen LogP contribution >= 0.6 is 0 Å². The minimum Gasteiger partial charge on any atom is -0.383 e. The number of methoxy groups -OCH3 is 1. The number of hydrogen-bond donors (Lipinski definition) is 1. The summed E-state index contributed by atoms with van der Waals surface area (Å²) in [6.45, 7) is 7.03. The van der Waals surface area contributed by atoms with E-state index in [9.17, 15) is 0 Å². The molecule has 0 spiro atoms. The zero-order chi connectivity index (χ0) is 13.5. The van der Waals surface area contributed by atoms with Gasteiger partial charge in [-0.25, -0.2) is 0 Å². The van der Waals surface area contributed by atoms with Gasteiger partial charge in [0, 0.05) is 26.2 Å². The number of likely N-dealkylation sites (N-methyl/N-ethyl adjacent to an activating group) is 2. The van der Waals surface area contributed by atoms with Crippen LogP contribution in [0.2, 0.25) is 0 Å². The molecule has 0 fully saturated rings. The van der Waals surface area contributed by atoms with Crippen LogP contribution in [0, 0.1) is 13.8 Å². The maximum Gasteiger partial charge on any atom is 0.0589 e. The van der Waals surface area contributed by atoms with E-state index in [1.54, 1.807) is 7.11 Å². The number of nitrogens with one attached hydrogen (secondary N) is 1. The van der Waals surface area contributed by atoms with Crippen molar-refractivity contribution in [3.63, 3.8) is 0 Å². The summed E-state index contributed by atoms with van der Waals surface area (Å²) < 4.78 is 5.11. The third-order valence-corrected chi connectivity index (χ3v) is 3.17. The average Bonchev–Trinajstić information content (AvgIpc) is 2.32. The first-order chi connectivity index (χ1) is 8.56. The Morgan fingerprint density at radius 3 is 2.33 bits per heavy atom. The van der Waals surface area contributed by atoms with Crippen molar-refractivity contribution in [1.82, 2.24) is 10.2 Å². The van der Waals surface area contributed by atoms with Gasteiger partial charge < -0.3 is 15.0 Å². The van der Waals surface area contributed by atoms with Crippen LogP contribution in [0.5, 0.6) is 0 Å². The van der Waals surface area contributed by atoms with Crippen LogP contribution < -0.4 is 5.32 Å². The molecule has 3 nitrogen and oxygen atoms in total. The van der Waals surface area contributed by atoms with Crippen molar-refractivity contribution >= 4 is 0 Å². The fraction of sp³-hybridized carbons (Fsp3) is 0.600. The van der Waals surface area contributed by atoms with E-state index >= 15 is 0 Å². The Morgan fingerprint density at radius 2 is 1.83 bits per heavy atom. The summed E-state index contributed by atoms with van der Waals surface area (Å²) in [5.74, 6) is 0. The highest BCUT2D eigenvalue weighted by Crippen LogP contribution is 2.17. The van der Waals surface area contributed by atoms with E-state index in [4.69, 9.17) is 4.74 Å². The Hall–Kier alpha value is -0.900. The van der Waals surface area contributed by atoms with Gasteiger partial charge >= 0.3 is 0 Å². The van der Waals surface area contributed by atoms with Crippen LogP contribution in [0.15, 0.2) is 18.2 Å². The van der Waals surface area contributed by atoms with E-state index in [1.807, 2.05) is 7.05 Å². The van der Waals surface area contributed by atoms with Gasteiger partial charge in [0.1, 0.15) is 0 Å². The Morgan fingerprint density at radius 1 is 1.22 bits per heavy atom. The second kappa shape index (κ2) is 7.52. The van der Waals surface area contributed by atoms with Gasteiger partial charge in [-0.3, -0.25) is 0 Å². The van der Waals surface area contributed by atoms with Crippen molar-refractivity contribution in [2.24, 2.45) is 0 Å². The third kappa shape index (κ3) is 4.77. The molecule has 0 aliphatic heterocycles. The standard InChI is InChI=1S/C15H26N2O/c1-12-8-13(2)10-14(9-12)15(16-3)11-17(4)6-7-18-5/h8-10,15-16H,6-7,11H2,1-5H3. The second-order valence-corrected chi connectivity index (χ2v) is 5.02. The molecule has 0 aromatic heterocycles. The first kappa shape index (κ1) is 15.2. The third-order valence-electron chi connectivity index (χ3n) is 3.17. The van der Waals surface area contributed by atoms with Crippen LogP contribution in [-0.2, 0) is 4.74 Å². The first-order valence-electron chi connectivity index (χ1n) is 6.49. The SMILES string of the molecule is CNC(CN(C)CCOC)c1cc(C)cc(C)c1. The number of ether oxygens (including phenoxy) is 1. The lowest BCUT2D eigenvalue weighted by Gasteiger charge is -2.24. The lowest BCUT2D eigenvalue weighted by atomic mass is 10.0. The molecule has 1 aromatic carbocycles. The van der Waals surface area contributed by atoms with Gasteiger partial charge in [-0.1, -0.05) is 29.3 Å². The average molecular weight is 250 g/mol. The quantitative estimate of drug-likeness (QED) is 0.802. The Balaban J connectivity index is 2.70. The van der Waals surface area contributed by atoms with E-state index < -0.39 is 0 Å². The molecule has 1 N–H and O–H groups in total. The lowest BCUT2D eigenvalue weighted by Crippen LogP contribution is -2.33. The van der Waals surface area contributed by atoms with Crippen LogP contribution in [0.1, 0.15) is 22.7 Å². The van der Waals surface area contributed by atoms with E-state index in [-0.39, 0.29) is 0 Å². The van der Waals surface area contributed by atoms with E-state index in [0.29, 0.717) is 6.04 Å². The summed E-state index contributed by atoms with van der Waals surface area (Å²) in [6.07, 6.45) is 0. The molecule has 3 heteroatoms. The van der Waals surface area contributed by atoms with E-state index in [0.717, 1.165) is 19.7 Å². The van der Waals surface area contributed by atoms with Crippen molar-refractivity contribution in [2.45, 2.75) is 19.9 Å². The molecule has 1 unspecified atom stereocenters. The van der Waals surface area contributed by atoms with Crippen molar-refractivity contribution < 1.29 is 4.74 Å². The first-order valence-corrected chi connectivity index (χ1v) is 6.49. The fourth-order valence-electron chi connectivity index (χ4n) is 2.22. The number of benzene rings is 1. The van der Waals surface area contributed by atoms with Gasteiger partial charge in [0.15, 0.2) is 0 Å². The summed E-state index contributed by atoms with van der Waals surface area (Å²) in [5, 5.41) is 3.40. The minimum atomic E-state index is 0.366. The molecule has 1 atom stereocenters. The molecule has 0 saturated heterocycles. The molecule has 0 radical (unpaired) electrons. The number of nitrogens with zero attached hydrogens (tertiary/aromatic N) is 1. The Bertz CT molecular complexity index is 345. The maximum atomic E-state index is 5.11. The van der Waals surface area contributed by atoms with Crippen LogP contribution in [0.25, 0.3) is 0 Å².